The van der Waals surface area contributed by atoms with E-state index in [4.69, 9.17) is 17.3 Å². The first-order valence-electron chi connectivity index (χ1n) is 4.50. The summed E-state index contributed by atoms with van der Waals surface area (Å²) in [6, 6.07) is 5.34. The zero-order valence-electron chi connectivity index (χ0n) is 8.20. The summed E-state index contributed by atoms with van der Waals surface area (Å²) in [6.45, 7) is 1.84. The van der Waals surface area contributed by atoms with Gasteiger partial charge in [-0.1, -0.05) is 17.7 Å². The number of benzene rings is 1. The van der Waals surface area contributed by atoms with Crippen LogP contribution in [0.1, 0.15) is 12.0 Å². The minimum absolute atomic E-state index is 0.127. The van der Waals surface area contributed by atoms with Crippen molar-refractivity contribution in [2.75, 3.05) is 5.01 Å². The molecule has 1 aliphatic rings. The highest BCUT2D eigenvalue weighted by Gasteiger charge is 2.24. The number of amides is 1. The number of hydrogen-bond donors (Lipinski definition) is 1. The van der Waals surface area contributed by atoms with Crippen molar-refractivity contribution in [2.24, 2.45) is 10.8 Å². The minimum Gasteiger partial charge on any atom is -0.385 e. The van der Waals surface area contributed by atoms with Crippen LogP contribution in [-0.2, 0) is 4.79 Å². The molecule has 0 spiro atoms. The van der Waals surface area contributed by atoms with Gasteiger partial charge in [0.05, 0.1) is 12.1 Å². The zero-order valence-corrected chi connectivity index (χ0v) is 8.95. The van der Waals surface area contributed by atoms with Gasteiger partial charge >= 0.3 is 0 Å². The molecule has 1 heterocycles. The standard InChI is InChI=1S/C10H10ClN3O/c1-6-7(11)3-2-4-8(6)14-10(15)5-9(12)13-14/h2-4H,5H2,1H3,(H2,12,13). The Morgan fingerprint density at radius 3 is 2.87 bits per heavy atom. The van der Waals surface area contributed by atoms with Gasteiger partial charge in [0, 0.05) is 5.02 Å². The molecule has 1 aromatic carbocycles. The molecule has 0 radical (unpaired) electrons. The normalized spacial score (nSPS) is 15.7. The summed E-state index contributed by atoms with van der Waals surface area (Å²) < 4.78 is 0. The average Bonchev–Trinajstić information content (AvgIpc) is 2.50. The fraction of sp³-hybridized carbons (Fsp3) is 0.200. The predicted molar refractivity (Wildman–Crippen MR) is 59.9 cm³/mol. The highest BCUT2D eigenvalue weighted by molar-refractivity contribution is 6.31. The number of nitrogens with zero attached hydrogens (tertiary/aromatic N) is 2. The van der Waals surface area contributed by atoms with Crippen LogP contribution in [0.2, 0.25) is 5.02 Å². The Morgan fingerprint density at radius 1 is 1.53 bits per heavy atom. The lowest BCUT2D eigenvalue weighted by atomic mass is 10.2. The first kappa shape index (κ1) is 9.98. The van der Waals surface area contributed by atoms with Crippen LogP contribution in [0.5, 0.6) is 0 Å². The van der Waals surface area contributed by atoms with Gasteiger partial charge in [0.2, 0.25) is 0 Å². The molecule has 0 saturated heterocycles. The number of amidine groups is 1. The van der Waals surface area contributed by atoms with Gasteiger partial charge < -0.3 is 5.73 Å². The molecule has 1 amide bonds. The summed E-state index contributed by atoms with van der Waals surface area (Å²) >= 11 is 5.96. The summed E-state index contributed by atoms with van der Waals surface area (Å²) in [7, 11) is 0. The average molecular weight is 224 g/mol. The minimum atomic E-state index is -0.127. The van der Waals surface area contributed by atoms with Crippen molar-refractivity contribution in [3.8, 4) is 0 Å². The third-order valence-corrected chi connectivity index (χ3v) is 2.67. The molecule has 2 N–H and O–H groups in total. The van der Waals surface area contributed by atoms with E-state index in [9.17, 15) is 4.79 Å². The molecular formula is C10H10ClN3O. The summed E-state index contributed by atoms with van der Waals surface area (Å²) in [6.07, 6.45) is 0.173. The Labute approximate surface area is 92.3 Å². The monoisotopic (exact) mass is 223 g/mol. The highest BCUT2D eigenvalue weighted by atomic mass is 35.5. The van der Waals surface area contributed by atoms with E-state index in [1.807, 2.05) is 6.92 Å². The van der Waals surface area contributed by atoms with Gasteiger partial charge in [-0.25, -0.2) is 0 Å². The molecule has 0 aliphatic carbocycles. The lowest BCUT2D eigenvalue weighted by molar-refractivity contribution is -0.116. The van der Waals surface area contributed by atoms with Crippen LogP contribution in [0.4, 0.5) is 5.69 Å². The second-order valence-corrected chi connectivity index (χ2v) is 3.76. The molecule has 0 unspecified atom stereocenters. The van der Waals surface area contributed by atoms with E-state index in [0.717, 1.165) is 5.56 Å². The van der Waals surface area contributed by atoms with E-state index >= 15 is 0 Å². The van der Waals surface area contributed by atoms with E-state index in [0.29, 0.717) is 16.5 Å². The topological polar surface area (TPSA) is 58.7 Å². The Bertz CT molecular complexity index is 456. The number of nitrogens with two attached hydrogens (primary N) is 1. The lowest BCUT2D eigenvalue weighted by Gasteiger charge is -2.14. The highest BCUT2D eigenvalue weighted by Crippen LogP contribution is 2.28. The summed E-state index contributed by atoms with van der Waals surface area (Å²) in [5, 5.41) is 5.88. The van der Waals surface area contributed by atoms with Crippen LogP contribution < -0.4 is 10.7 Å². The maximum atomic E-state index is 11.5. The van der Waals surface area contributed by atoms with Gasteiger partial charge in [0.25, 0.3) is 5.91 Å². The molecule has 15 heavy (non-hydrogen) atoms. The summed E-state index contributed by atoms with van der Waals surface area (Å²) in [5.41, 5.74) is 7.01. The number of carbonyl (C=O) groups is 1. The van der Waals surface area contributed by atoms with E-state index in [2.05, 4.69) is 5.10 Å². The predicted octanol–water partition coefficient (Wildman–Crippen LogP) is 1.66. The number of hydrogen-bond acceptors (Lipinski definition) is 3. The van der Waals surface area contributed by atoms with E-state index < -0.39 is 0 Å². The van der Waals surface area contributed by atoms with Gasteiger partial charge in [0.1, 0.15) is 5.84 Å². The van der Waals surface area contributed by atoms with Gasteiger partial charge in [-0.2, -0.15) is 10.1 Å². The maximum Gasteiger partial charge on any atom is 0.255 e. The van der Waals surface area contributed by atoms with E-state index in [-0.39, 0.29) is 12.3 Å². The number of hydrazone groups is 1. The molecular weight excluding hydrogens is 214 g/mol. The van der Waals surface area contributed by atoms with Crippen LogP contribution in [0.15, 0.2) is 23.3 Å². The third-order valence-electron chi connectivity index (χ3n) is 2.26. The number of halogens is 1. The fourth-order valence-electron chi connectivity index (χ4n) is 1.46. The molecule has 4 nitrogen and oxygen atoms in total. The van der Waals surface area contributed by atoms with Gasteiger partial charge in [-0.3, -0.25) is 4.79 Å². The molecule has 1 aromatic rings. The van der Waals surface area contributed by atoms with Crippen molar-refractivity contribution >= 4 is 29.0 Å². The van der Waals surface area contributed by atoms with Crippen LogP contribution in [0, 0.1) is 6.92 Å². The summed E-state index contributed by atoms with van der Waals surface area (Å²) in [5.74, 6) is 0.206. The second-order valence-electron chi connectivity index (χ2n) is 3.36. The maximum absolute atomic E-state index is 11.5. The smallest absolute Gasteiger partial charge is 0.255 e. The van der Waals surface area contributed by atoms with Crippen LogP contribution in [0.25, 0.3) is 0 Å². The molecule has 0 saturated carbocycles. The molecule has 1 aliphatic heterocycles. The third kappa shape index (κ3) is 1.68. The molecule has 0 aromatic heterocycles. The SMILES string of the molecule is Cc1c(Cl)cccc1N1N=C(N)CC1=O. The van der Waals surface area contributed by atoms with Crippen LogP contribution in [0.3, 0.4) is 0 Å². The molecule has 78 valence electrons. The van der Waals surface area contributed by atoms with E-state index in [1.165, 1.54) is 5.01 Å². The number of carbonyl (C=O) groups excluding carboxylic acids is 1. The van der Waals surface area contributed by atoms with Gasteiger partial charge in [-0.05, 0) is 24.6 Å². The van der Waals surface area contributed by atoms with Crippen molar-refractivity contribution in [1.82, 2.24) is 0 Å². The van der Waals surface area contributed by atoms with Gasteiger partial charge in [0.15, 0.2) is 0 Å². The first-order valence-corrected chi connectivity index (χ1v) is 4.88. The lowest BCUT2D eigenvalue weighted by Crippen LogP contribution is -2.20. The molecule has 5 heteroatoms. The zero-order chi connectivity index (χ0) is 11.0. The Balaban J connectivity index is 2.46. The number of rotatable bonds is 1. The molecule has 0 atom stereocenters. The fourth-order valence-corrected chi connectivity index (χ4v) is 1.63. The van der Waals surface area contributed by atoms with Crippen molar-refractivity contribution in [1.29, 1.82) is 0 Å². The Hall–Kier alpha value is -1.55. The van der Waals surface area contributed by atoms with Crippen LogP contribution >= 0.6 is 11.6 Å². The van der Waals surface area contributed by atoms with Crippen molar-refractivity contribution in [3.05, 3.63) is 28.8 Å². The first-order chi connectivity index (χ1) is 7.09. The number of anilines is 1. The Kier molecular flexibility index (Phi) is 2.36. The second kappa shape index (κ2) is 3.55. The summed E-state index contributed by atoms with van der Waals surface area (Å²) in [4.78, 5) is 11.5. The van der Waals surface area contributed by atoms with Crippen LogP contribution in [-0.4, -0.2) is 11.7 Å². The van der Waals surface area contributed by atoms with E-state index in [1.54, 1.807) is 18.2 Å². The van der Waals surface area contributed by atoms with Gasteiger partial charge in [-0.15, -0.1) is 0 Å². The van der Waals surface area contributed by atoms with Crippen molar-refractivity contribution in [2.45, 2.75) is 13.3 Å². The quantitative estimate of drug-likeness (QED) is 0.787. The molecule has 0 fully saturated rings. The Morgan fingerprint density at radius 2 is 2.27 bits per heavy atom. The van der Waals surface area contributed by atoms with Crippen molar-refractivity contribution in [3.63, 3.8) is 0 Å². The largest absolute Gasteiger partial charge is 0.385 e. The molecule has 2 rings (SSSR count). The molecule has 0 bridgehead atoms. The van der Waals surface area contributed by atoms with Crippen molar-refractivity contribution < 1.29 is 4.79 Å².